The molecule has 9 heteroatoms. The number of methoxy groups -OCH3 is 1. The second kappa shape index (κ2) is 8.61. The molecule has 0 aromatic heterocycles. The van der Waals surface area contributed by atoms with E-state index in [0.717, 1.165) is 6.42 Å². The molecule has 8 nitrogen and oxygen atoms in total. The third-order valence-electron chi connectivity index (χ3n) is 4.30. The van der Waals surface area contributed by atoms with Crippen LogP contribution in [0.5, 0.6) is 11.5 Å². The zero-order valence-corrected chi connectivity index (χ0v) is 15.0. The van der Waals surface area contributed by atoms with E-state index < -0.39 is 16.4 Å². The van der Waals surface area contributed by atoms with Crippen LogP contribution < -0.4 is 15.5 Å². The summed E-state index contributed by atoms with van der Waals surface area (Å²) in [7, 11) is 1.32. The van der Waals surface area contributed by atoms with Crippen molar-refractivity contribution >= 4 is 29.2 Å². The molecule has 0 saturated heterocycles. The summed E-state index contributed by atoms with van der Waals surface area (Å²) in [4.78, 5) is 10.3. The highest BCUT2D eigenvalue weighted by Gasteiger charge is 2.21. The van der Waals surface area contributed by atoms with Crippen molar-refractivity contribution in [2.45, 2.75) is 38.6 Å². The topological polar surface area (TPSA) is 109 Å². The molecule has 25 heavy (non-hydrogen) atoms. The van der Waals surface area contributed by atoms with E-state index >= 15 is 0 Å². The summed E-state index contributed by atoms with van der Waals surface area (Å²) >= 11 is 5.23. The van der Waals surface area contributed by atoms with Crippen molar-refractivity contribution in [1.82, 2.24) is 10.7 Å². The summed E-state index contributed by atoms with van der Waals surface area (Å²) in [5.74, 6) is 0.0509. The average molecular weight is 366 g/mol. The first-order valence-electron chi connectivity index (χ1n) is 8.07. The van der Waals surface area contributed by atoms with E-state index in [4.69, 9.17) is 17.0 Å². The molecule has 0 amide bonds. The van der Waals surface area contributed by atoms with Crippen LogP contribution in [0.3, 0.4) is 0 Å². The predicted octanol–water partition coefficient (Wildman–Crippen LogP) is 2.69. The Kier molecular flexibility index (Phi) is 6.51. The second-order valence-corrected chi connectivity index (χ2v) is 6.47. The highest BCUT2D eigenvalue weighted by Crippen LogP contribution is 2.36. The van der Waals surface area contributed by atoms with Crippen LogP contribution in [0.4, 0.5) is 5.69 Å². The number of nitro groups is 1. The van der Waals surface area contributed by atoms with Crippen LogP contribution in [0, 0.1) is 16.0 Å². The van der Waals surface area contributed by atoms with Crippen LogP contribution in [0.25, 0.3) is 0 Å². The van der Waals surface area contributed by atoms with E-state index in [2.05, 4.69) is 22.8 Å². The van der Waals surface area contributed by atoms with Crippen LogP contribution >= 0.6 is 12.2 Å². The van der Waals surface area contributed by atoms with Crippen molar-refractivity contribution in [3.63, 3.8) is 0 Å². The predicted molar refractivity (Wildman–Crippen MR) is 99.2 cm³/mol. The summed E-state index contributed by atoms with van der Waals surface area (Å²) in [6.45, 7) is 2.20. The fourth-order valence-electron chi connectivity index (χ4n) is 2.88. The molecule has 0 unspecified atom stereocenters. The zero-order valence-electron chi connectivity index (χ0n) is 14.2. The summed E-state index contributed by atoms with van der Waals surface area (Å²) in [5, 5.41) is 28.4. The van der Waals surface area contributed by atoms with Crippen LogP contribution in [0.2, 0.25) is 0 Å². The molecule has 0 bridgehead atoms. The summed E-state index contributed by atoms with van der Waals surface area (Å²) < 4.78 is 4.94. The van der Waals surface area contributed by atoms with Gasteiger partial charge in [0, 0.05) is 17.7 Å². The molecule has 0 spiro atoms. The van der Waals surface area contributed by atoms with Gasteiger partial charge in [0.25, 0.3) is 0 Å². The molecule has 0 aliphatic heterocycles. The van der Waals surface area contributed by atoms with Crippen molar-refractivity contribution < 1.29 is 14.8 Å². The third kappa shape index (κ3) is 5.02. The summed E-state index contributed by atoms with van der Waals surface area (Å²) in [6.07, 6.45) is 6.08. The number of thiocarbonyl (C=S) groups is 1. The minimum atomic E-state index is -0.681. The van der Waals surface area contributed by atoms with Crippen molar-refractivity contribution in [2.75, 3.05) is 7.11 Å². The Bertz CT molecular complexity index is 680. The number of nitrogens with one attached hydrogen (secondary N) is 2. The number of phenols is 1. The Morgan fingerprint density at radius 2 is 2.20 bits per heavy atom. The van der Waals surface area contributed by atoms with Gasteiger partial charge in [-0.05, 0) is 37.0 Å². The van der Waals surface area contributed by atoms with Gasteiger partial charge in [-0.2, -0.15) is 5.10 Å². The Morgan fingerprint density at radius 3 is 2.84 bits per heavy atom. The van der Waals surface area contributed by atoms with Crippen LogP contribution in [0.1, 0.15) is 38.2 Å². The van der Waals surface area contributed by atoms with Gasteiger partial charge >= 0.3 is 5.69 Å². The van der Waals surface area contributed by atoms with E-state index in [0.29, 0.717) is 22.6 Å². The quantitative estimate of drug-likeness (QED) is 0.318. The smallest absolute Gasteiger partial charge is 0.315 e. The number of benzene rings is 1. The van der Waals surface area contributed by atoms with Gasteiger partial charge in [0.05, 0.1) is 18.2 Å². The Balaban J connectivity index is 2.00. The number of hydrogen-bond donors (Lipinski definition) is 3. The number of hydrogen-bond acceptors (Lipinski definition) is 6. The molecule has 1 fully saturated rings. The van der Waals surface area contributed by atoms with E-state index in [9.17, 15) is 15.2 Å². The Hall–Kier alpha value is -2.42. The molecule has 2 atom stereocenters. The number of rotatable bonds is 5. The van der Waals surface area contributed by atoms with Gasteiger partial charge in [0.2, 0.25) is 5.75 Å². The van der Waals surface area contributed by atoms with Gasteiger partial charge in [-0.25, -0.2) is 0 Å². The molecule has 3 N–H and O–H groups in total. The fourth-order valence-corrected chi connectivity index (χ4v) is 3.08. The maximum atomic E-state index is 11.0. The minimum Gasteiger partial charge on any atom is -0.500 e. The number of ether oxygens (including phenoxy) is 1. The van der Waals surface area contributed by atoms with Gasteiger partial charge < -0.3 is 15.2 Å². The molecule has 1 saturated carbocycles. The lowest BCUT2D eigenvalue weighted by atomic mass is 9.86. The normalized spacial score (nSPS) is 20.2. The lowest BCUT2D eigenvalue weighted by molar-refractivity contribution is -0.386. The molecule has 0 heterocycles. The SMILES string of the molecule is COc1cc(/C=N\NC(=S)N[C@@H]2CCCC[C@H]2C)cc([N+](=O)[O-])c1O. The van der Waals surface area contributed by atoms with Crippen molar-refractivity contribution in [3.8, 4) is 11.5 Å². The number of nitro benzene ring substituents is 1. The van der Waals surface area contributed by atoms with Gasteiger partial charge in [0.1, 0.15) is 0 Å². The third-order valence-corrected chi connectivity index (χ3v) is 4.51. The van der Waals surface area contributed by atoms with Crippen molar-refractivity contribution in [3.05, 3.63) is 27.8 Å². The van der Waals surface area contributed by atoms with E-state index in [-0.39, 0.29) is 5.75 Å². The Morgan fingerprint density at radius 1 is 1.48 bits per heavy atom. The highest BCUT2D eigenvalue weighted by atomic mass is 32.1. The highest BCUT2D eigenvalue weighted by molar-refractivity contribution is 7.80. The molecule has 1 aromatic rings. The lowest BCUT2D eigenvalue weighted by Gasteiger charge is -2.30. The van der Waals surface area contributed by atoms with Gasteiger partial charge in [0.15, 0.2) is 10.9 Å². The number of nitrogens with zero attached hydrogens (tertiary/aromatic N) is 2. The summed E-state index contributed by atoms with van der Waals surface area (Å²) in [6, 6.07) is 2.99. The van der Waals surface area contributed by atoms with E-state index in [1.165, 1.54) is 44.7 Å². The summed E-state index contributed by atoms with van der Waals surface area (Å²) in [5.41, 5.74) is 2.67. The van der Waals surface area contributed by atoms with E-state index in [1.807, 2.05) is 0 Å². The monoisotopic (exact) mass is 366 g/mol. The van der Waals surface area contributed by atoms with Crippen molar-refractivity contribution in [2.24, 2.45) is 11.0 Å². The first-order valence-corrected chi connectivity index (χ1v) is 8.48. The van der Waals surface area contributed by atoms with Gasteiger partial charge in [-0.15, -0.1) is 0 Å². The molecule has 0 radical (unpaired) electrons. The number of aromatic hydroxyl groups is 1. The molecule has 136 valence electrons. The molecule has 1 aromatic carbocycles. The first kappa shape index (κ1) is 18.9. The van der Waals surface area contributed by atoms with Crippen LogP contribution in [0.15, 0.2) is 17.2 Å². The lowest BCUT2D eigenvalue weighted by Crippen LogP contribution is -2.44. The molecule has 1 aliphatic carbocycles. The molecular weight excluding hydrogens is 344 g/mol. The largest absolute Gasteiger partial charge is 0.500 e. The standard InChI is InChI=1S/C16H22N4O4S/c1-10-5-3-4-6-12(10)18-16(25)19-17-9-11-7-13(20(22)23)15(21)14(8-11)24-2/h7-10,12,21H,3-6H2,1-2H3,(H2,18,19,25)/b17-9-/t10-,12-/m1/s1. The number of phenolic OH excluding ortho intramolecular Hbond substituents is 1. The minimum absolute atomic E-state index is 0.00684. The van der Waals surface area contributed by atoms with Gasteiger partial charge in [-0.3, -0.25) is 15.5 Å². The first-order chi connectivity index (χ1) is 11.9. The second-order valence-electron chi connectivity index (χ2n) is 6.06. The molecule has 2 rings (SSSR count). The maximum Gasteiger partial charge on any atom is 0.315 e. The van der Waals surface area contributed by atoms with Crippen LogP contribution in [-0.2, 0) is 0 Å². The van der Waals surface area contributed by atoms with Gasteiger partial charge in [-0.1, -0.05) is 19.8 Å². The van der Waals surface area contributed by atoms with Crippen LogP contribution in [-0.4, -0.2) is 34.5 Å². The zero-order chi connectivity index (χ0) is 18.4. The van der Waals surface area contributed by atoms with Crippen molar-refractivity contribution in [1.29, 1.82) is 0 Å². The maximum absolute atomic E-state index is 11.0. The molecule has 1 aliphatic rings. The average Bonchev–Trinajstić information content (AvgIpc) is 2.58. The number of hydrazone groups is 1. The molecular formula is C16H22N4O4S. The fraction of sp³-hybridized carbons (Fsp3) is 0.500. The van der Waals surface area contributed by atoms with E-state index in [1.54, 1.807) is 0 Å². The Labute approximate surface area is 151 Å².